The van der Waals surface area contributed by atoms with Crippen molar-refractivity contribution in [3.8, 4) is 5.88 Å². The molecule has 0 saturated carbocycles. The van der Waals surface area contributed by atoms with Crippen molar-refractivity contribution in [2.75, 3.05) is 26.4 Å². The van der Waals surface area contributed by atoms with Crippen LogP contribution in [-0.2, 0) is 9.53 Å². The van der Waals surface area contributed by atoms with Gasteiger partial charge in [0.25, 0.3) is 5.91 Å². The van der Waals surface area contributed by atoms with Gasteiger partial charge in [0.15, 0.2) is 0 Å². The van der Waals surface area contributed by atoms with E-state index in [1.807, 2.05) is 6.92 Å². The van der Waals surface area contributed by atoms with Gasteiger partial charge in [-0.1, -0.05) is 0 Å². The topological polar surface area (TPSA) is 97.8 Å². The van der Waals surface area contributed by atoms with Gasteiger partial charge in [0.1, 0.15) is 5.56 Å². The van der Waals surface area contributed by atoms with Crippen LogP contribution in [0.3, 0.4) is 0 Å². The number of carboxylic acids is 1. The van der Waals surface area contributed by atoms with Crippen LogP contribution in [0.4, 0.5) is 0 Å². The molecule has 1 saturated heterocycles. The Morgan fingerprint density at radius 1 is 1.48 bits per heavy atom. The monoisotopic (exact) mass is 322 g/mol. The van der Waals surface area contributed by atoms with Crippen LogP contribution < -0.4 is 10.1 Å². The first-order valence-corrected chi connectivity index (χ1v) is 7.80. The number of rotatable bonds is 7. The molecular weight excluding hydrogens is 300 g/mol. The van der Waals surface area contributed by atoms with E-state index >= 15 is 0 Å². The fourth-order valence-corrected chi connectivity index (χ4v) is 2.69. The molecule has 1 aromatic rings. The van der Waals surface area contributed by atoms with Crippen molar-refractivity contribution in [2.45, 2.75) is 19.8 Å². The smallest absolute Gasteiger partial charge is 0.308 e. The summed E-state index contributed by atoms with van der Waals surface area (Å²) < 4.78 is 10.6. The Bertz CT molecular complexity index is 543. The number of pyridine rings is 1. The molecule has 0 bridgehead atoms. The number of carbonyl (C=O) groups is 2. The number of aromatic nitrogens is 1. The summed E-state index contributed by atoms with van der Waals surface area (Å²) in [5.41, 5.74) is 0.311. The molecule has 126 valence electrons. The lowest BCUT2D eigenvalue weighted by molar-refractivity contribution is -0.144. The minimum atomic E-state index is -0.895. The highest BCUT2D eigenvalue weighted by atomic mass is 16.5. The molecule has 23 heavy (non-hydrogen) atoms. The first kappa shape index (κ1) is 17.2. The lowest BCUT2D eigenvalue weighted by atomic mass is 9.86. The average molecular weight is 322 g/mol. The number of carbonyl (C=O) groups excluding carboxylic acids is 1. The van der Waals surface area contributed by atoms with Crippen LogP contribution in [0.1, 0.15) is 30.1 Å². The molecule has 2 heterocycles. The molecular formula is C16H22N2O5. The number of ether oxygens (including phenoxy) is 2. The highest BCUT2D eigenvalue weighted by Crippen LogP contribution is 2.24. The number of nitrogens with zero attached hydrogens (tertiary/aromatic N) is 1. The van der Waals surface area contributed by atoms with Crippen LogP contribution in [0.25, 0.3) is 0 Å². The third kappa shape index (κ3) is 4.66. The first-order chi connectivity index (χ1) is 11.1. The van der Waals surface area contributed by atoms with E-state index in [0.717, 1.165) is 0 Å². The number of hydrogen-bond acceptors (Lipinski definition) is 5. The number of nitrogens with one attached hydrogen (secondary N) is 1. The Balaban J connectivity index is 2.00. The van der Waals surface area contributed by atoms with E-state index in [1.54, 1.807) is 18.3 Å². The van der Waals surface area contributed by atoms with Gasteiger partial charge >= 0.3 is 5.97 Å². The average Bonchev–Trinajstić information content (AvgIpc) is 2.56. The van der Waals surface area contributed by atoms with Crippen molar-refractivity contribution in [3.05, 3.63) is 23.9 Å². The Morgan fingerprint density at radius 2 is 2.22 bits per heavy atom. The number of amides is 1. The van der Waals surface area contributed by atoms with Crippen LogP contribution in [0.5, 0.6) is 5.88 Å². The second-order valence-electron chi connectivity index (χ2n) is 5.39. The Morgan fingerprint density at radius 3 is 2.87 bits per heavy atom. The number of carboxylic acid groups (broad SMARTS) is 1. The van der Waals surface area contributed by atoms with Crippen molar-refractivity contribution < 1.29 is 24.2 Å². The standard InChI is InChI=1S/C16H22N2O5/c1-2-23-15-12(4-3-7-17-15)14(19)18-10-13(16(20)21)11-5-8-22-9-6-11/h3-4,7,11,13H,2,5-6,8-10H2,1H3,(H,18,19)(H,20,21). The van der Waals surface area contributed by atoms with Crippen LogP contribution in [0, 0.1) is 11.8 Å². The maximum absolute atomic E-state index is 12.3. The molecule has 1 aliphatic heterocycles. The predicted molar refractivity (Wildman–Crippen MR) is 82.4 cm³/mol. The Kier molecular flexibility index (Phi) is 6.34. The van der Waals surface area contributed by atoms with Crippen LogP contribution >= 0.6 is 0 Å². The highest BCUT2D eigenvalue weighted by Gasteiger charge is 2.30. The molecule has 0 aromatic carbocycles. The van der Waals surface area contributed by atoms with E-state index in [1.165, 1.54) is 0 Å². The fraction of sp³-hybridized carbons (Fsp3) is 0.562. The second-order valence-corrected chi connectivity index (χ2v) is 5.39. The summed E-state index contributed by atoms with van der Waals surface area (Å²) in [5, 5.41) is 12.1. The van der Waals surface area contributed by atoms with Crippen LogP contribution in [0.2, 0.25) is 0 Å². The van der Waals surface area contributed by atoms with Gasteiger partial charge in [-0.2, -0.15) is 0 Å². The van der Waals surface area contributed by atoms with Crippen LogP contribution in [0.15, 0.2) is 18.3 Å². The first-order valence-electron chi connectivity index (χ1n) is 7.80. The summed E-state index contributed by atoms with van der Waals surface area (Å²) in [6, 6.07) is 3.25. The maximum atomic E-state index is 12.3. The summed E-state index contributed by atoms with van der Waals surface area (Å²) in [5.74, 6) is -1.62. The summed E-state index contributed by atoms with van der Waals surface area (Å²) in [6.45, 7) is 3.43. The molecule has 7 heteroatoms. The van der Waals surface area contributed by atoms with E-state index in [9.17, 15) is 14.7 Å². The van der Waals surface area contributed by atoms with Gasteiger partial charge in [-0.15, -0.1) is 0 Å². The largest absolute Gasteiger partial charge is 0.481 e. The van der Waals surface area contributed by atoms with Crippen molar-refractivity contribution >= 4 is 11.9 Å². The van der Waals surface area contributed by atoms with Crippen LogP contribution in [-0.4, -0.2) is 48.3 Å². The second kappa shape index (κ2) is 8.47. The Labute approximate surface area is 135 Å². The maximum Gasteiger partial charge on any atom is 0.308 e. The number of hydrogen-bond donors (Lipinski definition) is 2. The lowest BCUT2D eigenvalue weighted by Gasteiger charge is -2.27. The van der Waals surface area contributed by atoms with Crippen molar-refractivity contribution in [1.29, 1.82) is 0 Å². The van der Waals surface area contributed by atoms with E-state index in [0.29, 0.717) is 38.2 Å². The highest BCUT2D eigenvalue weighted by molar-refractivity contribution is 5.96. The zero-order valence-electron chi connectivity index (χ0n) is 13.2. The van der Waals surface area contributed by atoms with Gasteiger partial charge in [-0.25, -0.2) is 4.98 Å². The fourth-order valence-electron chi connectivity index (χ4n) is 2.69. The van der Waals surface area contributed by atoms with Gasteiger partial charge in [0.2, 0.25) is 5.88 Å². The molecule has 0 radical (unpaired) electrons. The molecule has 0 aliphatic carbocycles. The van der Waals surface area contributed by atoms with E-state index in [-0.39, 0.29) is 24.2 Å². The van der Waals surface area contributed by atoms with Gasteiger partial charge in [-0.05, 0) is 37.8 Å². The minimum absolute atomic E-state index is 0.0156. The molecule has 1 fully saturated rings. The third-order valence-electron chi connectivity index (χ3n) is 3.93. The summed E-state index contributed by atoms with van der Waals surface area (Å²) in [4.78, 5) is 27.8. The van der Waals surface area contributed by atoms with Crippen molar-refractivity contribution in [3.63, 3.8) is 0 Å². The SMILES string of the molecule is CCOc1ncccc1C(=O)NCC(C(=O)O)C1CCOCC1. The molecule has 1 amide bonds. The predicted octanol–water partition coefficient (Wildman–Crippen LogP) is 1.34. The summed E-state index contributed by atoms with van der Waals surface area (Å²) in [6.07, 6.45) is 2.94. The van der Waals surface area contributed by atoms with E-state index in [2.05, 4.69) is 10.3 Å². The van der Waals surface area contributed by atoms with E-state index < -0.39 is 11.9 Å². The van der Waals surface area contributed by atoms with E-state index in [4.69, 9.17) is 9.47 Å². The van der Waals surface area contributed by atoms with Crippen molar-refractivity contribution in [1.82, 2.24) is 10.3 Å². The molecule has 2 rings (SSSR count). The molecule has 1 unspecified atom stereocenters. The summed E-state index contributed by atoms with van der Waals surface area (Å²) >= 11 is 0. The quantitative estimate of drug-likeness (QED) is 0.786. The lowest BCUT2D eigenvalue weighted by Crippen LogP contribution is -2.39. The molecule has 7 nitrogen and oxygen atoms in total. The molecule has 1 aliphatic rings. The number of aliphatic carboxylic acids is 1. The zero-order chi connectivity index (χ0) is 16.7. The van der Waals surface area contributed by atoms with Gasteiger partial charge in [0, 0.05) is 26.0 Å². The third-order valence-corrected chi connectivity index (χ3v) is 3.93. The minimum Gasteiger partial charge on any atom is -0.481 e. The Hall–Kier alpha value is -2.15. The van der Waals surface area contributed by atoms with Gasteiger partial charge < -0.3 is 19.9 Å². The molecule has 2 N–H and O–H groups in total. The van der Waals surface area contributed by atoms with Gasteiger partial charge in [-0.3, -0.25) is 9.59 Å². The molecule has 0 spiro atoms. The van der Waals surface area contributed by atoms with Crippen molar-refractivity contribution in [2.24, 2.45) is 11.8 Å². The summed E-state index contributed by atoms with van der Waals surface area (Å²) in [7, 11) is 0. The zero-order valence-corrected chi connectivity index (χ0v) is 13.2. The molecule has 1 atom stereocenters. The normalized spacial score (nSPS) is 16.6. The van der Waals surface area contributed by atoms with Gasteiger partial charge in [0.05, 0.1) is 12.5 Å². The molecule has 1 aromatic heterocycles.